The number of likely N-dealkylation sites (tertiary alicyclic amines) is 1. The molecule has 0 spiro atoms. The van der Waals surface area contributed by atoms with E-state index in [9.17, 15) is 4.79 Å². The summed E-state index contributed by atoms with van der Waals surface area (Å²) in [7, 11) is 0. The fourth-order valence-corrected chi connectivity index (χ4v) is 3.57. The van der Waals surface area contributed by atoms with Gasteiger partial charge < -0.3 is 9.64 Å². The number of hydrogen-bond acceptors (Lipinski definition) is 4. The monoisotopic (exact) mass is 352 g/mol. The molecule has 1 fully saturated rings. The topological polar surface area (TPSA) is 42.4 Å². The summed E-state index contributed by atoms with van der Waals surface area (Å²) in [6, 6.07) is 7.44. The molecule has 0 radical (unpaired) electrons. The number of hydrogen-bond donors (Lipinski definition) is 0. The number of aromatic nitrogens is 1. The van der Waals surface area contributed by atoms with E-state index < -0.39 is 0 Å². The van der Waals surface area contributed by atoms with E-state index in [0.717, 1.165) is 22.3 Å². The van der Waals surface area contributed by atoms with Gasteiger partial charge in [-0.25, -0.2) is 4.98 Å². The van der Waals surface area contributed by atoms with Crippen LogP contribution in [-0.4, -0.2) is 35.0 Å². The van der Waals surface area contributed by atoms with Crippen LogP contribution in [0.3, 0.4) is 0 Å². The maximum atomic E-state index is 12.3. The summed E-state index contributed by atoms with van der Waals surface area (Å²) in [6.07, 6.45) is 2.57. The molecule has 3 rings (SSSR count). The van der Waals surface area contributed by atoms with Crippen molar-refractivity contribution < 1.29 is 9.53 Å². The Morgan fingerprint density at radius 1 is 1.50 bits per heavy atom. The summed E-state index contributed by atoms with van der Waals surface area (Å²) in [6.45, 7) is 1.34. The summed E-state index contributed by atoms with van der Waals surface area (Å²) in [5.41, 5.74) is 0. The van der Waals surface area contributed by atoms with Crippen molar-refractivity contribution in [3.8, 4) is 5.88 Å². The first-order chi connectivity index (χ1) is 9.72. The molecule has 0 saturated carbocycles. The van der Waals surface area contributed by atoms with Crippen LogP contribution in [0.5, 0.6) is 5.88 Å². The second-order valence-corrected chi connectivity index (χ2v) is 6.40. The van der Waals surface area contributed by atoms with E-state index in [1.54, 1.807) is 6.20 Å². The normalized spacial score (nSPS) is 18.2. The zero-order valence-electron chi connectivity index (χ0n) is 10.7. The molecular formula is C14H13BrN2O2S. The van der Waals surface area contributed by atoms with Crippen LogP contribution >= 0.6 is 27.3 Å². The van der Waals surface area contributed by atoms with E-state index in [1.807, 2.05) is 34.5 Å². The lowest BCUT2D eigenvalue weighted by Gasteiger charge is -2.16. The van der Waals surface area contributed by atoms with Crippen LogP contribution in [0.25, 0.3) is 0 Å². The average Bonchev–Trinajstić information content (AvgIpc) is 3.08. The second-order valence-electron chi connectivity index (χ2n) is 4.58. The Hall–Kier alpha value is -1.40. The lowest BCUT2D eigenvalue weighted by molar-refractivity contribution is 0.0776. The summed E-state index contributed by atoms with van der Waals surface area (Å²) in [5.74, 6) is 0.693. The Balaban J connectivity index is 1.61. The van der Waals surface area contributed by atoms with Gasteiger partial charge in [0.05, 0.1) is 11.4 Å². The van der Waals surface area contributed by atoms with E-state index in [0.29, 0.717) is 12.4 Å². The van der Waals surface area contributed by atoms with E-state index in [2.05, 4.69) is 20.9 Å². The summed E-state index contributed by atoms with van der Waals surface area (Å²) in [4.78, 5) is 19.0. The Morgan fingerprint density at radius 2 is 2.40 bits per heavy atom. The van der Waals surface area contributed by atoms with E-state index in [1.165, 1.54) is 11.3 Å². The molecule has 104 valence electrons. The highest BCUT2D eigenvalue weighted by Crippen LogP contribution is 2.24. The molecule has 2 aromatic heterocycles. The Bertz CT molecular complexity index is 602. The van der Waals surface area contributed by atoms with Gasteiger partial charge in [0, 0.05) is 35.1 Å². The number of thiophene rings is 1. The number of ether oxygens (including phenoxy) is 1. The van der Waals surface area contributed by atoms with Crippen molar-refractivity contribution in [2.75, 3.05) is 13.1 Å². The number of nitrogens with zero attached hydrogens (tertiary/aromatic N) is 2. The smallest absolute Gasteiger partial charge is 0.264 e. The fraction of sp³-hybridized carbons (Fsp3) is 0.286. The molecule has 0 aromatic carbocycles. The van der Waals surface area contributed by atoms with Gasteiger partial charge in [0.25, 0.3) is 5.91 Å². The van der Waals surface area contributed by atoms with Crippen molar-refractivity contribution >= 4 is 33.2 Å². The molecule has 3 heterocycles. The highest BCUT2D eigenvalue weighted by atomic mass is 79.9. The number of pyridine rings is 1. The van der Waals surface area contributed by atoms with Crippen molar-refractivity contribution in [3.05, 3.63) is 45.2 Å². The standard InChI is InChI=1S/C14H13BrN2O2S/c15-10-7-12(20-9-10)14(18)17-6-4-11(8-17)19-13-3-1-2-5-16-13/h1-3,5,7,9,11H,4,6,8H2. The number of rotatable bonds is 3. The predicted octanol–water partition coefficient (Wildman–Crippen LogP) is 3.20. The van der Waals surface area contributed by atoms with Crippen molar-refractivity contribution in [2.24, 2.45) is 0 Å². The minimum atomic E-state index is 0.0252. The van der Waals surface area contributed by atoms with Crippen LogP contribution in [0.4, 0.5) is 0 Å². The lowest BCUT2D eigenvalue weighted by atomic mass is 10.3. The van der Waals surface area contributed by atoms with E-state index in [-0.39, 0.29) is 12.0 Å². The molecule has 20 heavy (non-hydrogen) atoms. The van der Waals surface area contributed by atoms with Gasteiger partial charge in [0.15, 0.2) is 0 Å². The molecule has 1 aliphatic heterocycles. The number of carbonyl (C=O) groups is 1. The van der Waals surface area contributed by atoms with Crippen LogP contribution < -0.4 is 4.74 Å². The second kappa shape index (κ2) is 5.93. The molecule has 2 aromatic rings. The molecule has 6 heteroatoms. The molecule has 1 aliphatic rings. The van der Waals surface area contributed by atoms with Crippen molar-refractivity contribution in [1.82, 2.24) is 9.88 Å². The third-order valence-corrected chi connectivity index (χ3v) is 4.81. The first kappa shape index (κ1) is 13.6. The van der Waals surface area contributed by atoms with Crippen molar-refractivity contribution in [1.29, 1.82) is 0 Å². The lowest BCUT2D eigenvalue weighted by Crippen LogP contribution is -2.30. The van der Waals surface area contributed by atoms with Gasteiger partial charge >= 0.3 is 0 Å². The van der Waals surface area contributed by atoms with Gasteiger partial charge in [-0.15, -0.1) is 11.3 Å². The molecule has 1 saturated heterocycles. The van der Waals surface area contributed by atoms with Gasteiger partial charge in [0.2, 0.25) is 5.88 Å². The Labute approximate surface area is 129 Å². The highest BCUT2D eigenvalue weighted by Gasteiger charge is 2.29. The molecule has 0 N–H and O–H groups in total. The first-order valence-electron chi connectivity index (χ1n) is 6.33. The van der Waals surface area contributed by atoms with Gasteiger partial charge in [-0.2, -0.15) is 0 Å². The third kappa shape index (κ3) is 3.02. The molecule has 0 aliphatic carbocycles. The summed E-state index contributed by atoms with van der Waals surface area (Å²) in [5, 5.41) is 1.92. The number of halogens is 1. The van der Waals surface area contributed by atoms with Gasteiger partial charge in [-0.05, 0) is 28.1 Å². The molecular weight excluding hydrogens is 340 g/mol. The molecule has 1 amide bonds. The van der Waals surface area contributed by atoms with Crippen LogP contribution in [0.2, 0.25) is 0 Å². The minimum Gasteiger partial charge on any atom is -0.472 e. The van der Waals surface area contributed by atoms with Crippen molar-refractivity contribution in [3.63, 3.8) is 0 Å². The van der Waals surface area contributed by atoms with E-state index in [4.69, 9.17) is 4.74 Å². The van der Waals surface area contributed by atoms with Gasteiger partial charge in [-0.1, -0.05) is 6.07 Å². The zero-order valence-corrected chi connectivity index (χ0v) is 13.1. The SMILES string of the molecule is O=C(c1cc(Br)cs1)N1CCC(Oc2ccccn2)C1. The third-order valence-electron chi connectivity index (χ3n) is 3.14. The summed E-state index contributed by atoms with van der Waals surface area (Å²) >= 11 is 4.83. The maximum Gasteiger partial charge on any atom is 0.264 e. The number of amides is 1. The number of carbonyl (C=O) groups excluding carboxylic acids is 1. The molecule has 0 bridgehead atoms. The zero-order chi connectivity index (χ0) is 13.9. The van der Waals surface area contributed by atoms with Gasteiger partial charge in [-0.3, -0.25) is 4.79 Å². The quantitative estimate of drug-likeness (QED) is 0.851. The minimum absolute atomic E-state index is 0.0252. The average molecular weight is 353 g/mol. The molecule has 1 atom stereocenters. The summed E-state index contributed by atoms with van der Waals surface area (Å²) < 4.78 is 6.74. The molecule has 4 nitrogen and oxygen atoms in total. The van der Waals surface area contributed by atoms with Crippen LogP contribution in [0.1, 0.15) is 16.1 Å². The highest BCUT2D eigenvalue weighted by molar-refractivity contribution is 9.10. The largest absolute Gasteiger partial charge is 0.472 e. The van der Waals surface area contributed by atoms with Crippen LogP contribution in [-0.2, 0) is 0 Å². The predicted molar refractivity (Wildman–Crippen MR) is 81.2 cm³/mol. The first-order valence-corrected chi connectivity index (χ1v) is 8.00. The van der Waals surface area contributed by atoms with Gasteiger partial charge in [0.1, 0.15) is 6.10 Å². The van der Waals surface area contributed by atoms with Crippen LogP contribution in [0.15, 0.2) is 40.3 Å². The van der Waals surface area contributed by atoms with Crippen molar-refractivity contribution in [2.45, 2.75) is 12.5 Å². The maximum absolute atomic E-state index is 12.3. The molecule has 1 unspecified atom stereocenters. The fourth-order valence-electron chi connectivity index (χ4n) is 2.18. The van der Waals surface area contributed by atoms with Crippen LogP contribution in [0, 0.1) is 0 Å². The Kier molecular flexibility index (Phi) is 4.03. The van der Waals surface area contributed by atoms with E-state index >= 15 is 0 Å². The Morgan fingerprint density at radius 3 is 3.10 bits per heavy atom.